The molecule has 1 fully saturated rings. The van der Waals surface area contributed by atoms with Crippen LogP contribution in [0.1, 0.15) is 46.5 Å². The molecular weight excluding hydrogens is 252 g/mol. The quantitative estimate of drug-likeness (QED) is 0.747. The Hall–Kier alpha value is -0.320. The van der Waals surface area contributed by atoms with Crippen LogP contribution in [0.4, 0.5) is 0 Å². The van der Waals surface area contributed by atoms with Crippen LogP contribution in [-0.4, -0.2) is 31.2 Å². The topological polar surface area (TPSA) is 64.3 Å². The van der Waals surface area contributed by atoms with Gasteiger partial charge in [0.15, 0.2) is 0 Å². The molecular formula is C13H27ClN2O2. The van der Waals surface area contributed by atoms with Gasteiger partial charge >= 0.3 is 0 Å². The van der Waals surface area contributed by atoms with E-state index in [9.17, 15) is 4.79 Å². The monoisotopic (exact) mass is 278 g/mol. The largest absolute Gasteiger partial charge is 0.378 e. The van der Waals surface area contributed by atoms with Crippen LogP contribution in [0.3, 0.4) is 0 Å². The molecule has 1 rings (SSSR count). The Morgan fingerprint density at radius 3 is 2.44 bits per heavy atom. The molecule has 1 aliphatic carbocycles. The molecule has 0 aromatic rings. The molecule has 0 radical (unpaired) electrons. The first-order chi connectivity index (χ1) is 8.14. The van der Waals surface area contributed by atoms with Gasteiger partial charge in [0.2, 0.25) is 5.91 Å². The van der Waals surface area contributed by atoms with Crippen molar-refractivity contribution in [3.8, 4) is 0 Å². The minimum Gasteiger partial charge on any atom is -0.378 e. The van der Waals surface area contributed by atoms with E-state index < -0.39 is 0 Å². The first-order valence-electron chi connectivity index (χ1n) is 6.75. The normalized spacial score (nSPS) is 24.9. The molecule has 5 heteroatoms. The number of amides is 1. The van der Waals surface area contributed by atoms with Crippen molar-refractivity contribution in [2.24, 2.45) is 11.1 Å². The molecule has 2 atom stereocenters. The Morgan fingerprint density at radius 1 is 1.39 bits per heavy atom. The lowest BCUT2D eigenvalue weighted by Crippen LogP contribution is -2.64. The first-order valence-corrected chi connectivity index (χ1v) is 6.75. The van der Waals surface area contributed by atoms with Crippen LogP contribution < -0.4 is 11.1 Å². The van der Waals surface area contributed by atoms with Crippen LogP contribution >= 0.6 is 12.4 Å². The van der Waals surface area contributed by atoms with Gasteiger partial charge in [-0.05, 0) is 26.2 Å². The van der Waals surface area contributed by atoms with Crippen molar-refractivity contribution in [1.82, 2.24) is 5.32 Å². The SMILES string of the molecule is CCOC1CC(NC(=O)CCN)C1(CC)CC.Cl. The Labute approximate surface area is 116 Å². The molecule has 0 aromatic carbocycles. The van der Waals surface area contributed by atoms with E-state index in [4.69, 9.17) is 10.5 Å². The van der Waals surface area contributed by atoms with E-state index in [-0.39, 0.29) is 29.8 Å². The van der Waals surface area contributed by atoms with Gasteiger partial charge < -0.3 is 15.8 Å². The zero-order chi connectivity index (χ0) is 12.9. The maximum Gasteiger partial charge on any atom is 0.221 e. The second kappa shape index (κ2) is 7.97. The summed E-state index contributed by atoms with van der Waals surface area (Å²) in [7, 11) is 0. The minimum atomic E-state index is 0. The van der Waals surface area contributed by atoms with Crippen LogP contribution in [0.25, 0.3) is 0 Å². The van der Waals surface area contributed by atoms with Crippen molar-refractivity contribution >= 4 is 18.3 Å². The summed E-state index contributed by atoms with van der Waals surface area (Å²) < 4.78 is 5.77. The average Bonchev–Trinajstić information content (AvgIpc) is 2.30. The molecule has 0 aliphatic heterocycles. The molecule has 0 spiro atoms. The van der Waals surface area contributed by atoms with Gasteiger partial charge in [-0.3, -0.25) is 4.79 Å². The number of hydrogen-bond donors (Lipinski definition) is 2. The summed E-state index contributed by atoms with van der Waals surface area (Å²) in [6.07, 6.45) is 3.74. The third-order valence-electron chi connectivity index (χ3n) is 4.18. The molecule has 0 aromatic heterocycles. The highest BCUT2D eigenvalue weighted by atomic mass is 35.5. The standard InChI is InChI=1S/C13H26N2O2.ClH/c1-4-13(5-2)10(9-11(13)17-6-3)15-12(16)7-8-14;/h10-11H,4-9,14H2,1-3H3,(H,15,16);1H. The average molecular weight is 279 g/mol. The molecule has 108 valence electrons. The third-order valence-corrected chi connectivity index (χ3v) is 4.18. The van der Waals surface area contributed by atoms with Gasteiger partial charge in [-0.15, -0.1) is 12.4 Å². The van der Waals surface area contributed by atoms with Crippen LogP contribution in [-0.2, 0) is 9.53 Å². The van der Waals surface area contributed by atoms with Gasteiger partial charge in [0.1, 0.15) is 0 Å². The summed E-state index contributed by atoms with van der Waals surface area (Å²) in [6.45, 7) is 7.54. The molecule has 4 nitrogen and oxygen atoms in total. The number of nitrogens with two attached hydrogens (primary N) is 1. The van der Waals surface area contributed by atoms with E-state index in [0.29, 0.717) is 19.1 Å². The Kier molecular flexibility index (Phi) is 7.83. The minimum absolute atomic E-state index is 0. The highest BCUT2D eigenvalue weighted by molar-refractivity contribution is 5.85. The number of ether oxygens (including phenoxy) is 1. The van der Waals surface area contributed by atoms with Gasteiger partial charge in [0, 0.05) is 31.0 Å². The Balaban J connectivity index is 0.00000289. The maximum atomic E-state index is 11.6. The molecule has 0 saturated heterocycles. The summed E-state index contributed by atoms with van der Waals surface area (Å²) in [4.78, 5) is 11.6. The van der Waals surface area contributed by atoms with Crippen molar-refractivity contribution in [2.75, 3.05) is 13.2 Å². The zero-order valence-corrected chi connectivity index (χ0v) is 12.5. The van der Waals surface area contributed by atoms with Gasteiger partial charge in [-0.25, -0.2) is 0 Å². The molecule has 0 heterocycles. The lowest BCUT2D eigenvalue weighted by atomic mass is 9.58. The fraction of sp³-hybridized carbons (Fsp3) is 0.923. The van der Waals surface area contributed by atoms with E-state index in [2.05, 4.69) is 19.2 Å². The Bertz CT molecular complexity index is 257. The first kappa shape index (κ1) is 17.7. The molecule has 18 heavy (non-hydrogen) atoms. The summed E-state index contributed by atoms with van der Waals surface area (Å²) in [6, 6.07) is 0.257. The van der Waals surface area contributed by atoms with Gasteiger partial charge in [-0.2, -0.15) is 0 Å². The highest BCUT2D eigenvalue weighted by Crippen LogP contribution is 2.48. The smallest absolute Gasteiger partial charge is 0.221 e. The summed E-state index contributed by atoms with van der Waals surface area (Å²) in [5, 5.41) is 3.10. The summed E-state index contributed by atoms with van der Waals surface area (Å²) >= 11 is 0. The van der Waals surface area contributed by atoms with Crippen molar-refractivity contribution < 1.29 is 9.53 Å². The summed E-state index contributed by atoms with van der Waals surface area (Å²) in [5.41, 5.74) is 5.51. The van der Waals surface area contributed by atoms with E-state index >= 15 is 0 Å². The molecule has 0 bridgehead atoms. The number of hydrogen-bond acceptors (Lipinski definition) is 3. The molecule has 1 aliphatic rings. The fourth-order valence-electron chi connectivity index (χ4n) is 2.98. The number of nitrogens with one attached hydrogen (secondary N) is 1. The summed E-state index contributed by atoms with van der Waals surface area (Å²) in [5.74, 6) is 0.0683. The van der Waals surface area contributed by atoms with E-state index in [1.807, 2.05) is 6.92 Å². The lowest BCUT2D eigenvalue weighted by Gasteiger charge is -2.55. The predicted octanol–water partition coefficient (Wildman–Crippen LogP) is 1.86. The molecule has 2 unspecified atom stereocenters. The third kappa shape index (κ3) is 3.37. The molecule has 3 N–H and O–H groups in total. The number of rotatable bonds is 7. The highest BCUT2D eigenvalue weighted by Gasteiger charge is 2.53. The van der Waals surface area contributed by atoms with E-state index in [0.717, 1.165) is 25.9 Å². The number of halogens is 1. The van der Waals surface area contributed by atoms with Crippen molar-refractivity contribution in [2.45, 2.75) is 58.6 Å². The van der Waals surface area contributed by atoms with E-state index in [1.165, 1.54) is 0 Å². The van der Waals surface area contributed by atoms with Gasteiger partial charge in [0.25, 0.3) is 0 Å². The second-order valence-electron chi connectivity index (χ2n) is 4.78. The molecule has 1 saturated carbocycles. The van der Waals surface area contributed by atoms with Crippen molar-refractivity contribution in [3.63, 3.8) is 0 Å². The fourth-order valence-corrected chi connectivity index (χ4v) is 2.98. The Morgan fingerprint density at radius 2 is 2.00 bits per heavy atom. The van der Waals surface area contributed by atoms with E-state index in [1.54, 1.807) is 0 Å². The zero-order valence-electron chi connectivity index (χ0n) is 11.7. The van der Waals surface area contributed by atoms with Gasteiger partial charge in [-0.1, -0.05) is 13.8 Å². The van der Waals surface area contributed by atoms with Crippen molar-refractivity contribution in [1.29, 1.82) is 0 Å². The predicted molar refractivity (Wildman–Crippen MR) is 75.9 cm³/mol. The number of carbonyl (C=O) groups is 1. The molecule has 1 amide bonds. The van der Waals surface area contributed by atoms with Crippen LogP contribution in [0.2, 0.25) is 0 Å². The van der Waals surface area contributed by atoms with Crippen LogP contribution in [0, 0.1) is 5.41 Å². The maximum absolute atomic E-state index is 11.6. The number of carbonyl (C=O) groups excluding carboxylic acids is 1. The van der Waals surface area contributed by atoms with Gasteiger partial charge in [0.05, 0.1) is 6.10 Å². The van der Waals surface area contributed by atoms with Crippen molar-refractivity contribution in [3.05, 3.63) is 0 Å². The lowest BCUT2D eigenvalue weighted by molar-refractivity contribution is -0.148. The van der Waals surface area contributed by atoms with Crippen LogP contribution in [0.5, 0.6) is 0 Å². The second-order valence-corrected chi connectivity index (χ2v) is 4.78. The van der Waals surface area contributed by atoms with Crippen LogP contribution in [0.15, 0.2) is 0 Å².